The average molecular weight is 366 g/mol. The van der Waals surface area contributed by atoms with Crippen molar-refractivity contribution in [3.05, 3.63) is 40.9 Å². The zero-order valence-electron chi connectivity index (χ0n) is 12.7. The smallest absolute Gasteiger partial charge is 0.310 e. The van der Waals surface area contributed by atoms with Crippen LogP contribution in [0.4, 0.5) is 5.69 Å². The van der Waals surface area contributed by atoms with Crippen LogP contribution in [0.15, 0.2) is 40.9 Å². The summed E-state index contributed by atoms with van der Waals surface area (Å²) < 4.78 is 6.17. The van der Waals surface area contributed by atoms with Crippen molar-refractivity contribution in [2.75, 3.05) is 5.32 Å². The standard InChI is InChI=1S/C17H20BrNO3/c1-11(2)22-17(21)15-9-4-3-8-14(15)16(20)19-13-7-5-6-12(18)10-13/h3-7,10-11,14-15H,8-9H2,1-2H3,(H,19,20)/t14-,15-/m0/s1. The highest BCUT2D eigenvalue weighted by molar-refractivity contribution is 9.10. The van der Waals surface area contributed by atoms with E-state index in [4.69, 9.17) is 4.74 Å². The maximum Gasteiger partial charge on any atom is 0.310 e. The van der Waals surface area contributed by atoms with Gasteiger partial charge >= 0.3 is 5.97 Å². The lowest BCUT2D eigenvalue weighted by Gasteiger charge is -2.26. The molecule has 0 saturated heterocycles. The Morgan fingerprint density at radius 3 is 2.55 bits per heavy atom. The van der Waals surface area contributed by atoms with E-state index < -0.39 is 11.8 Å². The summed E-state index contributed by atoms with van der Waals surface area (Å²) in [7, 11) is 0. The van der Waals surface area contributed by atoms with Crippen molar-refractivity contribution >= 4 is 33.5 Å². The van der Waals surface area contributed by atoms with Crippen molar-refractivity contribution in [3.8, 4) is 0 Å². The minimum absolute atomic E-state index is 0.145. The van der Waals surface area contributed by atoms with Crippen molar-refractivity contribution in [1.29, 1.82) is 0 Å². The summed E-state index contributed by atoms with van der Waals surface area (Å²) >= 11 is 3.37. The van der Waals surface area contributed by atoms with Crippen LogP contribution in [0, 0.1) is 11.8 Å². The molecule has 0 fully saturated rings. The van der Waals surface area contributed by atoms with Crippen LogP contribution in [0.1, 0.15) is 26.7 Å². The molecule has 0 aliphatic heterocycles. The van der Waals surface area contributed by atoms with E-state index in [-0.39, 0.29) is 18.0 Å². The van der Waals surface area contributed by atoms with Gasteiger partial charge in [0.1, 0.15) is 0 Å². The number of allylic oxidation sites excluding steroid dienone is 2. The van der Waals surface area contributed by atoms with Crippen LogP contribution in [-0.4, -0.2) is 18.0 Å². The SMILES string of the molecule is CC(C)OC(=O)[C@H]1CC=CC[C@@H]1C(=O)Nc1cccc(Br)c1. The molecule has 1 N–H and O–H groups in total. The van der Waals surface area contributed by atoms with Crippen LogP contribution in [-0.2, 0) is 14.3 Å². The highest BCUT2D eigenvalue weighted by Gasteiger charge is 2.35. The first-order valence-corrected chi connectivity index (χ1v) is 8.18. The predicted octanol–water partition coefficient (Wildman–Crippen LogP) is 3.92. The van der Waals surface area contributed by atoms with Crippen molar-refractivity contribution in [2.45, 2.75) is 32.8 Å². The van der Waals surface area contributed by atoms with Crippen molar-refractivity contribution < 1.29 is 14.3 Å². The second-order valence-corrected chi connectivity index (χ2v) is 6.56. The van der Waals surface area contributed by atoms with Gasteiger partial charge in [0.15, 0.2) is 0 Å². The number of rotatable bonds is 4. The first kappa shape index (κ1) is 16.7. The second kappa shape index (κ2) is 7.58. The van der Waals surface area contributed by atoms with Gasteiger partial charge in [0.2, 0.25) is 5.91 Å². The molecule has 0 saturated carbocycles. The number of ether oxygens (including phenoxy) is 1. The van der Waals surface area contributed by atoms with E-state index in [0.29, 0.717) is 18.5 Å². The maximum absolute atomic E-state index is 12.5. The van der Waals surface area contributed by atoms with Crippen LogP contribution >= 0.6 is 15.9 Å². The van der Waals surface area contributed by atoms with Crippen molar-refractivity contribution in [1.82, 2.24) is 0 Å². The molecular formula is C17H20BrNO3. The Hall–Kier alpha value is -1.62. The van der Waals surface area contributed by atoms with Gasteiger partial charge in [0.05, 0.1) is 17.9 Å². The van der Waals surface area contributed by atoms with E-state index in [2.05, 4.69) is 21.2 Å². The molecule has 0 bridgehead atoms. The first-order valence-electron chi connectivity index (χ1n) is 7.39. The number of benzene rings is 1. The number of hydrogen-bond donors (Lipinski definition) is 1. The Morgan fingerprint density at radius 2 is 1.91 bits per heavy atom. The van der Waals surface area contributed by atoms with Crippen LogP contribution in [0.3, 0.4) is 0 Å². The van der Waals surface area contributed by atoms with Gasteiger partial charge in [-0.2, -0.15) is 0 Å². The molecule has 1 amide bonds. The summed E-state index contributed by atoms with van der Waals surface area (Å²) in [5.41, 5.74) is 0.713. The van der Waals surface area contributed by atoms with Gasteiger partial charge in [-0.15, -0.1) is 0 Å². The molecule has 118 valence electrons. The number of esters is 1. The van der Waals surface area contributed by atoms with Gasteiger partial charge in [0.25, 0.3) is 0 Å². The minimum Gasteiger partial charge on any atom is -0.463 e. The third-order valence-corrected chi connectivity index (χ3v) is 4.01. The lowest BCUT2D eigenvalue weighted by atomic mass is 9.82. The van der Waals surface area contributed by atoms with Crippen LogP contribution in [0.25, 0.3) is 0 Å². The summed E-state index contributed by atoms with van der Waals surface area (Å²) in [6.07, 6.45) is 4.81. The van der Waals surface area contributed by atoms with Crippen LogP contribution in [0.2, 0.25) is 0 Å². The monoisotopic (exact) mass is 365 g/mol. The fourth-order valence-corrected chi connectivity index (χ4v) is 2.88. The Labute approximate surface area is 139 Å². The molecule has 2 rings (SSSR count). The van der Waals surface area contributed by atoms with Gasteiger partial charge in [-0.25, -0.2) is 0 Å². The summed E-state index contributed by atoms with van der Waals surface area (Å²) in [6, 6.07) is 7.40. The largest absolute Gasteiger partial charge is 0.463 e. The fourth-order valence-electron chi connectivity index (χ4n) is 2.49. The summed E-state index contributed by atoms with van der Waals surface area (Å²) in [6.45, 7) is 3.63. The van der Waals surface area contributed by atoms with E-state index in [9.17, 15) is 9.59 Å². The molecule has 1 aliphatic carbocycles. The molecule has 1 aromatic rings. The summed E-state index contributed by atoms with van der Waals surface area (Å²) in [5.74, 6) is -1.25. The normalized spacial score (nSPS) is 20.7. The number of hydrogen-bond acceptors (Lipinski definition) is 3. The molecule has 0 radical (unpaired) electrons. The summed E-state index contributed by atoms with van der Waals surface area (Å²) in [4.78, 5) is 24.7. The molecule has 22 heavy (non-hydrogen) atoms. The summed E-state index contributed by atoms with van der Waals surface area (Å²) in [5, 5.41) is 2.88. The third kappa shape index (κ3) is 4.44. The second-order valence-electron chi connectivity index (χ2n) is 5.64. The molecule has 5 heteroatoms. The Balaban J connectivity index is 2.08. The zero-order chi connectivity index (χ0) is 16.1. The molecule has 1 aromatic carbocycles. The number of nitrogens with one attached hydrogen (secondary N) is 1. The van der Waals surface area contributed by atoms with Gasteiger partial charge in [-0.05, 0) is 44.9 Å². The topological polar surface area (TPSA) is 55.4 Å². The Bertz CT molecular complexity index is 583. The van der Waals surface area contributed by atoms with E-state index in [0.717, 1.165) is 4.47 Å². The molecule has 0 aromatic heterocycles. The molecule has 4 nitrogen and oxygen atoms in total. The maximum atomic E-state index is 12.5. The minimum atomic E-state index is -0.417. The number of halogens is 1. The fraction of sp³-hybridized carbons (Fsp3) is 0.412. The average Bonchev–Trinajstić information content (AvgIpc) is 2.46. The van der Waals surface area contributed by atoms with E-state index >= 15 is 0 Å². The van der Waals surface area contributed by atoms with Crippen molar-refractivity contribution in [3.63, 3.8) is 0 Å². The lowest BCUT2D eigenvalue weighted by Crippen LogP contribution is -2.36. The Kier molecular flexibility index (Phi) is 5.77. The highest BCUT2D eigenvalue weighted by atomic mass is 79.9. The van der Waals surface area contributed by atoms with E-state index in [1.54, 1.807) is 0 Å². The number of carbonyl (C=O) groups is 2. The zero-order valence-corrected chi connectivity index (χ0v) is 14.3. The number of carbonyl (C=O) groups excluding carboxylic acids is 2. The van der Waals surface area contributed by atoms with Crippen LogP contribution < -0.4 is 5.32 Å². The van der Waals surface area contributed by atoms with E-state index in [1.807, 2.05) is 50.3 Å². The number of amides is 1. The molecule has 0 heterocycles. The molecule has 2 atom stereocenters. The van der Waals surface area contributed by atoms with Crippen LogP contribution in [0.5, 0.6) is 0 Å². The van der Waals surface area contributed by atoms with E-state index in [1.165, 1.54) is 0 Å². The predicted molar refractivity (Wildman–Crippen MR) is 89.4 cm³/mol. The van der Waals surface area contributed by atoms with Gasteiger partial charge in [0, 0.05) is 10.2 Å². The molecule has 0 spiro atoms. The molecule has 0 unspecified atom stereocenters. The van der Waals surface area contributed by atoms with Crippen molar-refractivity contribution in [2.24, 2.45) is 11.8 Å². The van der Waals surface area contributed by atoms with Gasteiger partial charge in [-0.1, -0.05) is 34.1 Å². The quantitative estimate of drug-likeness (QED) is 0.649. The third-order valence-electron chi connectivity index (χ3n) is 3.52. The highest BCUT2D eigenvalue weighted by Crippen LogP contribution is 2.29. The molecule has 1 aliphatic rings. The first-order chi connectivity index (χ1) is 10.5. The van der Waals surface area contributed by atoms with Gasteiger partial charge < -0.3 is 10.1 Å². The van der Waals surface area contributed by atoms with Gasteiger partial charge in [-0.3, -0.25) is 9.59 Å². The lowest BCUT2D eigenvalue weighted by molar-refractivity contribution is -0.156. The Morgan fingerprint density at radius 1 is 1.23 bits per heavy atom. The molecular weight excluding hydrogens is 346 g/mol. The number of anilines is 1.